The summed E-state index contributed by atoms with van der Waals surface area (Å²) in [6.07, 6.45) is 2.63. The van der Waals surface area contributed by atoms with E-state index in [1.165, 1.54) is 0 Å². The summed E-state index contributed by atoms with van der Waals surface area (Å²) in [5, 5.41) is 5.86. The zero-order valence-corrected chi connectivity index (χ0v) is 12.6. The van der Waals surface area contributed by atoms with Crippen molar-refractivity contribution >= 4 is 33.5 Å². The molecule has 0 radical (unpaired) electrons. The van der Waals surface area contributed by atoms with E-state index in [4.69, 9.17) is 0 Å². The van der Waals surface area contributed by atoms with Gasteiger partial charge in [-0.2, -0.15) is 0 Å². The van der Waals surface area contributed by atoms with Gasteiger partial charge in [0.25, 0.3) is 5.91 Å². The molecule has 0 saturated carbocycles. The van der Waals surface area contributed by atoms with Crippen LogP contribution in [0.3, 0.4) is 0 Å². The van der Waals surface area contributed by atoms with Crippen LogP contribution in [0, 0.1) is 0 Å². The quantitative estimate of drug-likeness (QED) is 0.880. The lowest BCUT2D eigenvalue weighted by atomic mass is 10.3. The maximum absolute atomic E-state index is 12.1. The normalized spacial score (nSPS) is 10.1. The molecular formula is C14H15BrN4O. The van der Waals surface area contributed by atoms with Crippen molar-refractivity contribution in [3.05, 3.63) is 46.7 Å². The van der Waals surface area contributed by atoms with Crippen molar-refractivity contribution in [2.45, 2.75) is 13.3 Å². The average molecular weight is 335 g/mol. The first-order valence-corrected chi connectivity index (χ1v) is 7.12. The number of hydrogen-bond donors (Lipinski definition) is 2. The Morgan fingerprint density at radius 1 is 1.25 bits per heavy atom. The molecule has 2 N–H and O–H groups in total. The molecule has 0 aliphatic carbocycles. The molecule has 20 heavy (non-hydrogen) atoms. The van der Waals surface area contributed by atoms with E-state index in [9.17, 15) is 4.79 Å². The first kappa shape index (κ1) is 14.5. The first-order valence-electron chi connectivity index (χ1n) is 6.33. The standard InChI is InChI=1S/C14H15BrN4O/c1-2-8-16-12-5-3-4-11(18-12)14(20)19-13-7-6-10(15)9-17-13/h3-7,9H,2,8H2,1H3,(H,16,18)(H,17,19,20). The highest BCUT2D eigenvalue weighted by Crippen LogP contribution is 2.12. The Labute approximate surface area is 126 Å². The highest BCUT2D eigenvalue weighted by Gasteiger charge is 2.08. The highest BCUT2D eigenvalue weighted by molar-refractivity contribution is 9.10. The molecule has 2 rings (SSSR count). The Morgan fingerprint density at radius 2 is 2.10 bits per heavy atom. The lowest BCUT2D eigenvalue weighted by Crippen LogP contribution is -2.15. The minimum atomic E-state index is -0.278. The molecule has 0 atom stereocenters. The number of carbonyl (C=O) groups excluding carboxylic acids is 1. The van der Waals surface area contributed by atoms with E-state index in [1.54, 1.807) is 24.4 Å². The van der Waals surface area contributed by atoms with Crippen LogP contribution in [-0.4, -0.2) is 22.4 Å². The molecule has 0 aromatic carbocycles. The van der Waals surface area contributed by atoms with Gasteiger partial charge in [0.2, 0.25) is 0 Å². The van der Waals surface area contributed by atoms with Gasteiger partial charge in [-0.25, -0.2) is 9.97 Å². The van der Waals surface area contributed by atoms with Crippen LogP contribution < -0.4 is 10.6 Å². The SMILES string of the molecule is CCCNc1cccc(C(=O)Nc2ccc(Br)cn2)n1. The van der Waals surface area contributed by atoms with Gasteiger partial charge in [0, 0.05) is 17.2 Å². The summed E-state index contributed by atoms with van der Waals surface area (Å²) < 4.78 is 0.861. The van der Waals surface area contributed by atoms with Gasteiger partial charge in [-0.3, -0.25) is 4.79 Å². The molecule has 0 saturated heterocycles. The molecule has 6 heteroatoms. The first-order chi connectivity index (χ1) is 9.69. The van der Waals surface area contributed by atoms with E-state index < -0.39 is 0 Å². The lowest BCUT2D eigenvalue weighted by Gasteiger charge is -2.07. The van der Waals surface area contributed by atoms with Crippen molar-refractivity contribution in [1.29, 1.82) is 0 Å². The summed E-state index contributed by atoms with van der Waals surface area (Å²) in [7, 11) is 0. The van der Waals surface area contributed by atoms with E-state index >= 15 is 0 Å². The van der Waals surface area contributed by atoms with E-state index in [-0.39, 0.29) is 5.91 Å². The molecule has 0 aliphatic heterocycles. The number of nitrogens with one attached hydrogen (secondary N) is 2. The number of pyridine rings is 2. The summed E-state index contributed by atoms with van der Waals surface area (Å²) in [4.78, 5) is 20.4. The number of rotatable bonds is 5. The van der Waals surface area contributed by atoms with E-state index in [0.29, 0.717) is 17.3 Å². The van der Waals surface area contributed by atoms with Crippen LogP contribution in [0.4, 0.5) is 11.6 Å². The van der Waals surface area contributed by atoms with Gasteiger partial charge in [-0.15, -0.1) is 0 Å². The maximum atomic E-state index is 12.1. The van der Waals surface area contributed by atoms with Gasteiger partial charge in [0.15, 0.2) is 0 Å². The van der Waals surface area contributed by atoms with E-state index in [1.807, 2.05) is 12.1 Å². The van der Waals surface area contributed by atoms with Gasteiger partial charge in [-0.05, 0) is 46.6 Å². The zero-order chi connectivity index (χ0) is 14.4. The largest absolute Gasteiger partial charge is 0.370 e. The molecular weight excluding hydrogens is 320 g/mol. The number of nitrogens with zero attached hydrogens (tertiary/aromatic N) is 2. The highest BCUT2D eigenvalue weighted by atomic mass is 79.9. The molecule has 0 aliphatic rings. The topological polar surface area (TPSA) is 66.9 Å². The molecule has 2 heterocycles. The number of anilines is 2. The number of halogens is 1. The summed E-state index contributed by atoms with van der Waals surface area (Å²) in [6, 6.07) is 8.85. The van der Waals surface area contributed by atoms with Crippen LogP contribution in [0.2, 0.25) is 0 Å². The summed E-state index contributed by atoms with van der Waals surface area (Å²) in [6.45, 7) is 2.90. The van der Waals surface area contributed by atoms with Gasteiger partial charge in [-0.1, -0.05) is 13.0 Å². The van der Waals surface area contributed by atoms with Crippen LogP contribution in [0.5, 0.6) is 0 Å². The lowest BCUT2D eigenvalue weighted by molar-refractivity contribution is 0.102. The molecule has 5 nitrogen and oxygen atoms in total. The Morgan fingerprint density at radius 3 is 2.80 bits per heavy atom. The fourth-order valence-corrected chi connectivity index (χ4v) is 1.78. The van der Waals surface area contributed by atoms with Crippen molar-refractivity contribution in [2.24, 2.45) is 0 Å². The fourth-order valence-electron chi connectivity index (χ4n) is 1.54. The van der Waals surface area contributed by atoms with Gasteiger partial charge in [0.1, 0.15) is 17.3 Å². The molecule has 1 amide bonds. The maximum Gasteiger partial charge on any atom is 0.275 e. The molecule has 0 bridgehead atoms. The van der Waals surface area contributed by atoms with Crippen LogP contribution in [0.15, 0.2) is 41.0 Å². The molecule has 104 valence electrons. The third-order valence-corrected chi connectivity index (χ3v) is 2.98. The minimum Gasteiger partial charge on any atom is -0.370 e. The summed E-state index contributed by atoms with van der Waals surface area (Å²) in [5.41, 5.74) is 0.357. The van der Waals surface area contributed by atoms with Crippen molar-refractivity contribution in [2.75, 3.05) is 17.2 Å². The molecule has 0 spiro atoms. The van der Waals surface area contributed by atoms with Crippen LogP contribution >= 0.6 is 15.9 Å². The third-order valence-electron chi connectivity index (χ3n) is 2.51. The van der Waals surface area contributed by atoms with Crippen molar-refractivity contribution in [1.82, 2.24) is 9.97 Å². The summed E-state index contributed by atoms with van der Waals surface area (Å²) >= 11 is 3.29. The third kappa shape index (κ3) is 4.03. The second kappa shape index (κ2) is 7.00. The molecule has 0 fully saturated rings. The summed E-state index contributed by atoms with van der Waals surface area (Å²) in [5.74, 6) is 0.912. The van der Waals surface area contributed by atoms with Crippen LogP contribution in [0.25, 0.3) is 0 Å². The van der Waals surface area contributed by atoms with Crippen LogP contribution in [-0.2, 0) is 0 Å². The predicted octanol–water partition coefficient (Wildman–Crippen LogP) is 3.31. The fraction of sp³-hybridized carbons (Fsp3) is 0.214. The Bertz CT molecular complexity index is 586. The molecule has 0 unspecified atom stereocenters. The Kier molecular flexibility index (Phi) is 5.06. The Balaban J connectivity index is 2.06. The predicted molar refractivity (Wildman–Crippen MR) is 82.9 cm³/mol. The van der Waals surface area contributed by atoms with Crippen molar-refractivity contribution in [3.63, 3.8) is 0 Å². The number of hydrogen-bond acceptors (Lipinski definition) is 4. The number of aromatic nitrogens is 2. The monoisotopic (exact) mass is 334 g/mol. The van der Waals surface area contributed by atoms with Gasteiger partial charge >= 0.3 is 0 Å². The minimum absolute atomic E-state index is 0.278. The second-order valence-electron chi connectivity index (χ2n) is 4.15. The van der Waals surface area contributed by atoms with E-state index in [2.05, 4.69) is 43.5 Å². The van der Waals surface area contributed by atoms with Gasteiger partial charge < -0.3 is 10.6 Å². The van der Waals surface area contributed by atoms with Crippen LogP contribution in [0.1, 0.15) is 23.8 Å². The Hall–Kier alpha value is -1.95. The number of carbonyl (C=O) groups is 1. The van der Waals surface area contributed by atoms with Crippen molar-refractivity contribution in [3.8, 4) is 0 Å². The molecule has 2 aromatic heterocycles. The van der Waals surface area contributed by atoms with E-state index in [0.717, 1.165) is 17.4 Å². The smallest absolute Gasteiger partial charge is 0.275 e. The van der Waals surface area contributed by atoms with Crippen molar-refractivity contribution < 1.29 is 4.79 Å². The average Bonchev–Trinajstić information content (AvgIpc) is 2.48. The molecule has 2 aromatic rings. The van der Waals surface area contributed by atoms with Gasteiger partial charge in [0.05, 0.1) is 0 Å². The zero-order valence-electron chi connectivity index (χ0n) is 11.1. The number of amides is 1. The second-order valence-corrected chi connectivity index (χ2v) is 5.07.